The molecule has 0 radical (unpaired) electrons. The van der Waals surface area contributed by atoms with Crippen molar-refractivity contribution in [1.29, 1.82) is 0 Å². The van der Waals surface area contributed by atoms with E-state index in [9.17, 15) is 20.0 Å². The van der Waals surface area contributed by atoms with Gasteiger partial charge in [-0.25, -0.2) is 0 Å². The van der Waals surface area contributed by atoms with E-state index < -0.39 is 16.4 Å². The summed E-state index contributed by atoms with van der Waals surface area (Å²) in [6, 6.07) is 1.45. The maximum atomic E-state index is 12.0. The molecule has 1 aliphatic rings. The molecule has 0 atom stereocenters. The number of nitro groups is 1. The van der Waals surface area contributed by atoms with Crippen LogP contribution >= 0.6 is 0 Å². The standard InChI is InChI=1S/C12H17N3O4/c1-12(2,17)7-13-11(16)10-5-9(15(18)19)6-14(10)8-3-4-8/h5-6,8,17H,3-4,7H2,1-2H3,(H,13,16). The van der Waals surface area contributed by atoms with Gasteiger partial charge in [0.15, 0.2) is 0 Å². The Bertz CT molecular complexity index is 512. The van der Waals surface area contributed by atoms with E-state index in [2.05, 4.69) is 5.32 Å². The van der Waals surface area contributed by atoms with E-state index in [1.54, 1.807) is 18.4 Å². The van der Waals surface area contributed by atoms with Crippen LogP contribution in [-0.4, -0.2) is 32.6 Å². The number of carbonyl (C=O) groups excluding carboxylic acids is 1. The Balaban J connectivity index is 2.18. The number of carbonyl (C=O) groups is 1. The van der Waals surface area contributed by atoms with Crippen LogP contribution < -0.4 is 5.32 Å². The Morgan fingerprint density at radius 3 is 2.74 bits per heavy atom. The summed E-state index contributed by atoms with van der Waals surface area (Å²) in [5.74, 6) is -0.401. The lowest BCUT2D eigenvalue weighted by Gasteiger charge is -2.17. The van der Waals surface area contributed by atoms with E-state index in [1.807, 2.05) is 0 Å². The highest BCUT2D eigenvalue weighted by Gasteiger charge is 2.30. The SMILES string of the molecule is CC(C)(O)CNC(=O)c1cc([N+](=O)[O-])cn1C1CC1. The molecule has 0 spiro atoms. The molecule has 0 aliphatic heterocycles. The van der Waals surface area contributed by atoms with Crippen molar-refractivity contribution < 1.29 is 14.8 Å². The summed E-state index contributed by atoms with van der Waals surface area (Å²) < 4.78 is 1.65. The molecule has 1 saturated carbocycles. The lowest BCUT2D eigenvalue weighted by Crippen LogP contribution is -2.38. The summed E-state index contributed by atoms with van der Waals surface area (Å²) in [6.07, 6.45) is 3.26. The normalized spacial score (nSPS) is 15.3. The molecule has 0 aromatic carbocycles. The average molecular weight is 267 g/mol. The lowest BCUT2D eigenvalue weighted by molar-refractivity contribution is -0.384. The minimum Gasteiger partial charge on any atom is -0.389 e. The predicted octanol–water partition coefficient (Wildman–Crippen LogP) is 1.23. The maximum Gasteiger partial charge on any atom is 0.287 e. The van der Waals surface area contributed by atoms with Gasteiger partial charge >= 0.3 is 0 Å². The van der Waals surface area contributed by atoms with Crippen molar-refractivity contribution in [2.45, 2.75) is 38.3 Å². The van der Waals surface area contributed by atoms with E-state index in [-0.39, 0.29) is 24.0 Å². The smallest absolute Gasteiger partial charge is 0.287 e. The minimum absolute atomic E-state index is 0.0830. The van der Waals surface area contributed by atoms with Gasteiger partial charge in [0.2, 0.25) is 0 Å². The summed E-state index contributed by atoms with van der Waals surface area (Å²) in [4.78, 5) is 22.3. The predicted molar refractivity (Wildman–Crippen MR) is 68.0 cm³/mol. The van der Waals surface area contributed by atoms with Gasteiger partial charge in [0, 0.05) is 18.7 Å². The molecule has 0 unspecified atom stereocenters. The molecule has 104 valence electrons. The van der Waals surface area contributed by atoms with Gasteiger partial charge in [-0.3, -0.25) is 14.9 Å². The van der Waals surface area contributed by atoms with Crippen LogP contribution in [0.1, 0.15) is 43.2 Å². The highest BCUT2D eigenvalue weighted by Crippen LogP contribution is 2.37. The zero-order valence-corrected chi connectivity index (χ0v) is 10.9. The Hall–Kier alpha value is -1.89. The molecular formula is C12H17N3O4. The molecule has 19 heavy (non-hydrogen) atoms. The van der Waals surface area contributed by atoms with Crippen molar-refractivity contribution in [3.05, 3.63) is 28.1 Å². The first-order chi connectivity index (χ1) is 8.78. The molecule has 1 fully saturated rings. The van der Waals surface area contributed by atoms with Crippen LogP contribution in [0.25, 0.3) is 0 Å². The summed E-state index contributed by atoms with van der Waals surface area (Å²) in [6.45, 7) is 3.25. The van der Waals surface area contributed by atoms with Gasteiger partial charge in [0.1, 0.15) is 5.69 Å². The third-order valence-electron chi connectivity index (χ3n) is 2.90. The summed E-state index contributed by atoms with van der Waals surface area (Å²) in [5.41, 5.74) is -0.822. The average Bonchev–Trinajstić information content (AvgIpc) is 3.03. The minimum atomic E-state index is -1.02. The van der Waals surface area contributed by atoms with Crippen molar-refractivity contribution in [3.8, 4) is 0 Å². The second-order valence-corrected chi connectivity index (χ2v) is 5.47. The van der Waals surface area contributed by atoms with Crippen molar-refractivity contribution in [1.82, 2.24) is 9.88 Å². The zero-order chi connectivity index (χ0) is 14.2. The largest absolute Gasteiger partial charge is 0.389 e. The van der Waals surface area contributed by atoms with Crippen molar-refractivity contribution in [2.24, 2.45) is 0 Å². The van der Waals surface area contributed by atoms with Crippen LogP contribution in [0.3, 0.4) is 0 Å². The Kier molecular flexibility index (Phi) is 3.32. The van der Waals surface area contributed by atoms with Gasteiger partial charge in [0.05, 0.1) is 16.7 Å². The van der Waals surface area contributed by atoms with Crippen molar-refractivity contribution >= 4 is 11.6 Å². The Labute approximate surface area is 110 Å². The van der Waals surface area contributed by atoms with E-state index in [0.717, 1.165) is 12.8 Å². The van der Waals surface area contributed by atoms with Gasteiger partial charge in [-0.1, -0.05) is 0 Å². The third kappa shape index (κ3) is 3.31. The second-order valence-electron chi connectivity index (χ2n) is 5.47. The van der Waals surface area contributed by atoms with E-state index in [0.29, 0.717) is 0 Å². The van der Waals surface area contributed by atoms with Crippen LogP contribution in [0.15, 0.2) is 12.3 Å². The number of hydrogen-bond donors (Lipinski definition) is 2. The fourth-order valence-electron chi connectivity index (χ4n) is 1.79. The highest BCUT2D eigenvalue weighted by molar-refractivity contribution is 5.93. The fourth-order valence-corrected chi connectivity index (χ4v) is 1.79. The Morgan fingerprint density at radius 1 is 1.63 bits per heavy atom. The van der Waals surface area contributed by atoms with Crippen molar-refractivity contribution in [3.63, 3.8) is 0 Å². The van der Waals surface area contributed by atoms with E-state index >= 15 is 0 Å². The third-order valence-corrected chi connectivity index (χ3v) is 2.90. The molecule has 0 bridgehead atoms. The molecule has 1 aromatic rings. The second kappa shape index (κ2) is 4.65. The summed E-state index contributed by atoms with van der Waals surface area (Å²) >= 11 is 0. The van der Waals surface area contributed by atoms with Crippen LogP contribution in [0.2, 0.25) is 0 Å². The molecule has 7 nitrogen and oxygen atoms in total. The molecule has 2 N–H and O–H groups in total. The van der Waals surface area contributed by atoms with Crippen LogP contribution in [0, 0.1) is 10.1 Å². The molecular weight excluding hydrogens is 250 g/mol. The summed E-state index contributed by atoms with van der Waals surface area (Å²) in [7, 11) is 0. The van der Waals surface area contributed by atoms with Gasteiger partial charge < -0.3 is 15.0 Å². The quantitative estimate of drug-likeness (QED) is 0.619. The number of hydrogen-bond acceptors (Lipinski definition) is 4. The molecule has 1 amide bonds. The number of rotatable bonds is 5. The molecule has 1 heterocycles. The molecule has 0 saturated heterocycles. The number of aliphatic hydroxyl groups is 1. The number of amides is 1. The summed E-state index contributed by atoms with van der Waals surface area (Å²) in [5, 5.41) is 22.9. The van der Waals surface area contributed by atoms with Crippen LogP contribution in [0.5, 0.6) is 0 Å². The molecule has 1 aliphatic carbocycles. The zero-order valence-electron chi connectivity index (χ0n) is 10.9. The van der Waals surface area contributed by atoms with E-state index in [4.69, 9.17) is 0 Å². The topological polar surface area (TPSA) is 97.4 Å². The molecule has 1 aromatic heterocycles. The van der Waals surface area contributed by atoms with Gasteiger partial charge in [-0.2, -0.15) is 0 Å². The highest BCUT2D eigenvalue weighted by atomic mass is 16.6. The van der Waals surface area contributed by atoms with Gasteiger partial charge in [-0.05, 0) is 26.7 Å². The van der Waals surface area contributed by atoms with Crippen LogP contribution in [-0.2, 0) is 0 Å². The molecule has 7 heteroatoms. The lowest BCUT2D eigenvalue weighted by atomic mass is 10.1. The van der Waals surface area contributed by atoms with Gasteiger partial charge in [-0.15, -0.1) is 0 Å². The van der Waals surface area contributed by atoms with E-state index in [1.165, 1.54) is 12.3 Å². The first kappa shape index (κ1) is 13.5. The fraction of sp³-hybridized carbons (Fsp3) is 0.583. The van der Waals surface area contributed by atoms with Gasteiger partial charge in [0.25, 0.3) is 11.6 Å². The number of aromatic nitrogens is 1. The first-order valence-corrected chi connectivity index (χ1v) is 6.15. The Morgan fingerprint density at radius 2 is 2.26 bits per heavy atom. The van der Waals surface area contributed by atoms with Crippen molar-refractivity contribution in [2.75, 3.05) is 6.54 Å². The first-order valence-electron chi connectivity index (χ1n) is 6.15. The monoisotopic (exact) mass is 267 g/mol. The number of nitrogens with zero attached hydrogens (tertiary/aromatic N) is 2. The maximum absolute atomic E-state index is 12.0. The molecule has 2 rings (SSSR count). The van der Waals surface area contributed by atoms with Crippen LogP contribution in [0.4, 0.5) is 5.69 Å². The number of nitrogens with one attached hydrogen (secondary N) is 1.